The van der Waals surface area contributed by atoms with Crippen LogP contribution in [0.4, 0.5) is 4.79 Å². The van der Waals surface area contributed by atoms with Crippen molar-refractivity contribution in [2.24, 2.45) is 5.92 Å². The summed E-state index contributed by atoms with van der Waals surface area (Å²) in [6.45, 7) is 4.04. The third kappa shape index (κ3) is 6.97. The van der Waals surface area contributed by atoms with Gasteiger partial charge in [-0.3, -0.25) is 19.3 Å². The molecule has 1 heterocycles. The van der Waals surface area contributed by atoms with Crippen molar-refractivity contribution in [2.45, 2.75) is 20.5 Å². The van der Waals surface area contributed by atoms with Crippen LogP contribution < -0.4 is 9.47 Å². The molecule has 1 aliphatic heterocycles. The molecule has 3 rings (SSSR count). The van der Waals surface area contributed by atoms with Crippen molar-refractivity contribution >= 4 is 57.5 Å². The Morgan fingerprint density at radius 3 is 2.52 bits per heavy atom. The van der Waals surface area contributed by atoms with E-state index in [1.54, 1.807) is 24.3 Å². The van der Waals surface area contributed by atoms with Gasteiger partial charge in [-0.2, -0.15) is 0 Å². The number of imide groups is 1. The highest BCUT2D eigenvalue weighted by Gasteiger charge is 2.36. The quantitative estimate of drug-likeness (QED) is 0.231. The van der Waals surface area contributed by atoms with Gasteiger partial charge in [0, 0.05) is 3.57 Å². The fourth-order valence-corrected chi connectivity index (χ4v) is 4.05. The standard InChI is InChI=1S/C24H24INO6S/c1-15(2)13-32-22(27)12-26-23(28)21(33-24(26)29)11-17-6-9-19(20(10-17)30-3)31-14-16-4-7-18(25)8-5-16/h4-11,15H,12-14H2,1-3H3/b21-11-. The van der Waals surface area contributed by atoms with Crippen LogP contribution in [0.2, 0.25) is 0 Å². The number of nitrogens with zero attached hydrogens (tertiary/aromatic N) is 1. The first-order chi connectivity index (χ1) is 15.8. The first-order valence-corrected chi connectivity index (χ1v) is 12.1. The van der Waals surface area contributed by atoms with Crippen LogP contribution in [0.5, 0.6) is 11.5 Å². The first-order valence-electron chi connectivity index (χ1n) is 10.2. The van der Waals surface area contributed by atoms with Gasteiger partial charge >= 0.3 is 5.97 Å². The molecule has 0 unspecified atom stereocenters. The average molecular weight is 581 g/mol. The minimum atomic E-state index is -0.608. The molecule has 174 valence electrons. The van der Waals surface area contributed by atoms with Gasteiger partial charge in [0.25, 0.3) is 11.1 Å². The van der Waals surface area contributed by atoms with E-state index in [0.717, 1.165) is 25.8 Å². The maximum Gasteiger partial charge on any atom is 0.326 e. The summed E-state index contributed by atoms with van der Waals surface area (Å²) in [6, 6.07) is 13.3. The number of methoxy groups -OCH3 is 1. The van der Waals surface area contributed by atoms with Crippen molar-refractivity contribution in [3.63, 3.8) is 0 Å². The third-order valence-electron chi connectivity index (χ3n) is 4.53. The molecule has 0 N–H and O–H groups in total. The van der Waals surface area contributed by atoms with Crippen LogP contribution in [0.15, 0.2) is 47.4 Å². The van der Waals surface area contributed by atoms with E-state index in [9.17, 15) is 14.4 Å². The Morgan fingerprint density at radius 1 is 1.12 bits per heavy atom. The number of hydrogen-bond acceptors (Lipinski definition) is 7. The predicted molar refractivity (Wildman–Crippen MR) is 135 cm³/mol. The molecule has 0 atom stereocenters. The zero-order chi connectivity index (χ0) is 24.0. The van der Waals surface area contributed by atoms with Crippen LogP contribution in [0.3, 0.4) is 0 Å². The molecular formula is C24H24INO6S. The number of amides is 2. The fraction of sp³-hybridized carbons (Fsp3) is 0.292. The van der Waals surface area contributed by atoms with Gasteiger partial charge in [0.2, 0.25) is 0 Å². The zero-order valence-electron chi connectivity index (χ0n) is 18.5. The van der Waals surface area contributed by atoms with Crippen LogP contribution in [0.25, 0.3) is 6.08 Å². The number of benzene rings is 2. The van der Waals surface area contributed by atoms with Gasteiger partial charge in [0.15, 0.2) is 11.5 Å². The maximum atomic E-state index is 12.7. The van der Waals surface area contributed by atoms with E-state index in [2.05, 4.69) is 22.6 Å². The van der Waals surface area contributed by atoms with Gasteiger partial charge < -0.3 is 14.2 Å². The number of carbonyl (C=O) groups excluding carboxylic acids is 3. The summed E-state index contributed by atoms with van der Waals surface area (Å²) in [5.41, 5.74) is 1.70. The lowest BCUT2D eigenvalue weighted by Gasteiger charge is -2.13. The van der Waals surface area contributed by atoms with Crippen molar-refractivity contribution in [1.82, 2.24) is 4.90 Å². The summed E-state index contributed by atoms with van der Waals surface area (Å²) < 4.78 is 17.5. The molecule has 9 heteroatoms. The van der Waals surface area contributed by atoms with Crippen molar-refractivity contribution in [2.75, 3.05) is 20.3 Å². The van der Waals surface area contributed by atoms with Crippen molar-refractivity contribution in [3.8, 4) is 11.5 Å². The summed E-state index contributed by atoms with van der Waals surface area (Å²) >= 11 is 3.04. The summed E-state index contributed by atoms with van der Waals surface area (Å²) in [5, 5.41) is -0.503. The van der Waals surface area contributed by atoms with Gasteiger partial charge in [0.1, 0.15) is 13.2 Å². The highest BCUT2D eigenvalue weighted by atomic mass is 127. The number of carbonyl (C=O) groups is 3. The second-order valence-corrected chi connectivity index (χ2v) is 9.91. The summed E-state index contributed by atoms with van der Waals surface area (Å²) in [6.07, 6.45) is 1.59. The molecule has 2 aromatic rings. The second-order valence-electron chi connectivity index (χ2n) is 7.67. The van der Waals surface area contributed by atoms with Crippen LogP contribution in [0, 0.1) is 9.49 Å². The summed E-state index contributed by atoms with van der Waals surface area (Å²) in [7, 11) is 1.54. The van der Waals surface area contributed by atoms with Crippen LogP contribution in [-0.2, 0) is 20.9 Å². The highest BCUT2D eigenvalue weighted by Crippen LogP contribution is 2.34. The topological polar surface area (TPSA) is 82.1 Å². The van der Waals surface area contributed by atoms with Gasteiger partial charge in [-0.05, 0) is 81.7 Å². The molecule has 0 aromatic heterocycles. The number of esters is 1. The molecule has 2 aromatic carbocycles. The van der Waals surface area contributed by atoms with E-state index >= 15 is 0 Å². The average Bonchev–Trinajstić information content (AvgIpc) is 3.05. The molecule has 0 bridgehead atoms. The van der Waals surface area contributed by atoms with E-state index in [4.69, 9.17) is 14.2 Å². The number of thioether (sulfide) groups is 1. The van der Waals surface area contributed by atoms with E-state index in [1.165, 1.54) is 7.11 Å². The Hall–Kier alpha value is -2.53. The lowest BCUT2D eigenvalue weighted by Crippen LogP contribution is -2.34. The van der Waals surface area contributed by atoms with Gasteiger partial charge in [-0.1, -0.05) is 32.0 Å². The number of ether oxygens (including phenoxy) is 3. The molecule has 0 spiro atoms. The van der Waals surface area contributed by atoms with Crippen LogP contribution in [-0.4, -0.2) is 42.3 Å². The Morgan fingerprint density at radius 2 is 1.85 bits per heavy atom. The smallest absolute Gasteiger partial charge is 0.326 e. The summed E-state index contributed by atoms with van der Waals surface area (Å²) in [5.74, 6) is 0.107. The normalized spacial score (nSPS) is 14.8. The van der Waals surface area contributed by atoms with E-state index in [-0.39, 0.29) is 17.4 Å². The maximum absolute atomic E-state index is 12.7. The molecule has 1 saturated heterocycles. The lowest BCUT2D eigenvalue weighted by atomic mass is 10.1. The first kappa shape index (κ1) is 25.1. The highest BCUT2D eigenvalue weighted by molar-refractivity contribution is 14.1. The number of rotatable bonds is 9. The second kappa shape index (κ2) is 11.6. The molecule has 1 fully saturated rings. The lowest BCUT2D eigenvalue weighted by molar-refractivity contribution is -0.147. The van der Waals surface area contributed by atoms with Crippen LogP contribution in [0.1, 0.15) is 25.0 Å². The molecule has 2 amide bonds. The van der Waals surface area contributed by atoms with Gasteiger partial charge in [-0.15, -0.1) is 0 Å². The zero-order valence-corrected chi connectivity index (χ0v) is 21.5. The monoisotopic (exact) mass is 581 g/mol. The SMILES string of the molecule is COc1cc(/C=C2\SC(=O)N(CC(=O)OCC(C)C)C2=O)ccc1OCc1ccc(I)cc1. The van der Waals surface area contributed by atoms with Gasteiger partial charge in [0.05, 0.1) is 18.6 Å². The Balaban J connectivity index is 1.68. The van der Waals surface area contributed by atoms with E-state index in [0.29, 0.717) is 23.7 Å². The fourth-order valence-electron chi connectivity index (χ4n) is 2.86. The molecule has 0 radical (unpaired) electrons. The Kier molecular flexibility index (Phi) is 8.79. The van der Waals surface area contributed by atoms with E-state index in [1.807, 2.05) is 38.1 Å². The number of halogens is 1. The molecule has 0 saturated carbocycles. The molecule has 1 aliphatic rings. The van der Waals surface area contributed by atoms with Crippen molar-refractivity contribution in [3.05, 3.63) is 62.1 Å². The van der Waals surface area contributed by atoms with Gasteiger partial charge in [-0.25, -0.2) is 0 Å². The van der Waals surface area contributed by atoms with E-state index < -0.39 is 23.7 Å². The molecule has 33 heavy (non-hydrogen) atoms. The largest absolute Gasteiger partial charge is 0.493 e. The number of hydrogen-bond donors (Lipinski definition) is 0. The van der Waals surface area contributed by atoms with Crippen molar-refractivity contribution < 1.29 is 28.6 Å². The Labute approximate surface area is 210 Å². The Bertz CT molecular complexity index is 1070. The third-order valence-corrected chi connectivity index (χ3v) is 6.16. The minimum Gasteiger partial charge on any atom is -0.493 e. The minimum absolute atomic E-state index is 0.169. The van der Waals surface area contributed by atoms with Crippen LogP contribution >= 0.6 is 34.4 Å². The molecular weight excluding hydrogens is 557 g/mol. The predicted octanol–water partition coefficient (Wildman–Crippen LogP) is 5.11. The molecule has 0 aliphatic carbocycles. The summed E-state index contributed by atoms with van der Waals surface area (Å²) in [4.78, 5) is 38.0. The van der Waals surface area contributed by atoms with Crippen molar-refractivity contribution in [1.29, 1.82) is 0 Å². The molecule has 7 nitrogen and oxygen atoms in total.